The second kappa shape index (κ2) is 5.18. The van der Waals surface area contributed by atoms with Gasteiger partial charge in [0.2, 0.25) is 0 Å². The third-order valence-corrected chi connectivity index (χ3v) is 6.03. The van der Waals surface area contributed by atoms with Crippen LogP contribution in [0.4, 0.5) is 4.39 Å². The van der Waals surface area contributed by atoms with Crippen LogP contribution in [0.1, 0.15) is 45.4 Å². The summed E-state index contributed by atoms with van der Waals surface area (Å²) in [7, 11) is 1.59. The highest BCUT2D eigenvalue weighted by atomic mass is 19.1. The number of aliphatic hydroxyl groups is 1. The first-order valence-electron chi connectivity index (χ1n) is 7.93. The van der Waals surface area contributed by atoms with Gasteiger partial charge < -0.3 is 9.84 Å². The largest absolute Gasteiger partial charge is 0.497 e. The van der Waals surface area contributed by atoms with E-state index in [2.05, 4.69) is 13.0 Å². The number of rotatable bonds is 2. The summed E-state index contributed by atoms with van der Waals surface area (Å²) in [6.45, 7) is 2.14. The van der Waals surface area contributed by atoms with Crippen molar-refractivity contribution in [3.05, 3.63) is 23.7 Å². The maximum absolute atomic E-state index is 14.5. The minimum atomic E-state index is -0.295. The number of allylic oxidation sites excluding steroid dienone is 3. The van der Waals surface area contributed by atoms with Crippen LogP contribution in [0.3, 0.4) is 0 Å². The highest BCUT2D eigenvalue weighted by Gasteiger charge is 2.55. The van der Waals surface area contributed by atoms with Gasteiger partial charge in [-0.2, -0.15) is 0 Å². The molecule has 2 nitrogen and oxygen atoms in total. The van der Waals surface area contributed by atoms with Crippen molar-refractivity contribution in [1.82, 2.24) is 0 Å². The van der Waals surface area contributed by atoms with Crippen molar-refractivity contribution in [2.24, 2.45) is 23.2 Å². The summed E-state index contributed by atoms with van der Waals surface area (Å²) >= 11 is 0. The average Bonchev–Trinajstić information content (AvgIpc) is 2.56. The van der Waals surface area contributed by atoms with Gasteiger partial charge in [-0.3, -0.25) is 0 Å². The molecule has 3 rings (SSSR count). The van der Waals surface area contributed by atoms with Crippen LogP contribution in [-0.4, -0.2) is 18.3 Å². The number of aliphatic hydroxyl groups excluding tert-OH is 1. The predicted octanol–water partition coefficient (Wildman–Crippen LogP) is 3.97. The Morgan fingerprint density at radius 3 is 2.95 bits per heavy atom. The standard InChI is InChI=1S/C17H25FO2/c1-3-17-7-5-4-6-11(16(17)19)8-13-14(17)9-12(20-2)10-15(13)18/h9-11,13-14,16,19H,3-8H2,1-2H3. The molecule has 0 saturated heterocycles. The Morgan fingerprint density at radius 1 is 1.45 bits per heavy atom. The van der Waals surface area contributed by atoms with E-state index in [1.165, 1.54) is 6.08 Å². The summed E-state index contributed by atoms with van der Waals surface area (Å²) in [6, 6.07) is 0. The molecule has 20 heavy (non-hydrogen) atoms. The van der Waals surface area contributed by atoms with E-state index in [-0.39, 0.29) is 35.1 Å². The molecule has 0 aromatic rings. The maximum atomic E-state index is 14.5. The van der Waals surface area contributed by atoms with Gasteiger partial charge in [-0.25, -0.2) is 4.39 Å². The van der Waals surface area contributed by atoms with E-state index in [9.17, 15) is 9.50 Å². The van der Waals surface area contributed by atoms with Crippen molar-refractivity contribution >= 4 is 0 Å². The van der Waals surface area contributed by atoms with Crippen LogP contribution >= 0.6 is 0 Å². The zero-order valence-corrected chi connectivity index (χ0v) is 12.4. The summed E-state index contributed by atoms with van der Waals surface area (Å²) in [4.78, 5) is 0. The Kier molecular flexibility index (Phi) is 3.65. The summed E-state index contributed by atoms with van der Waals surface area (Å²) < 4.78 is 19.8. The molecule has 5 unspecified atom stereocenters. The summed E-state index contributed by atoms with van der Waals surface area (Å²) in [5, 5.41) is 10.9. The fourth-order valence-corrected chi connectivity index (χ4v) is 4.90. The fraction of sp³-hybridized carbons (Fsp3) is 0.765. The first kappa shape index (κ1) is 14.1. The van der Waals surface area contributed by atoms with Crippen molar-refractivity contribution in [2.45, 2.75) is 51.6 Å². The van der Waals surface area contributed by atoms with Crippen LogP contribution in [0.2, 0.25) is 0 Å². The third kappa shape index (κ3) is 1.93. The molecule has 0 heterocycles. The lowest BCUT2D eigenvalue weighted by molar-refractivity contribution is -0.0993. The molecule has 0 aromatic carbocycles. The maximum Gasteiger partial charge on any atom is 0.117 e. The molecule has 0 aliphatic heterocycles. The van der Waals surface area contributed by atoms with Gasteiger partial charge in [0.15, 0.2) is 0 Å². The Bertz CT molecular complexity index is 442. The highest BCUT2D eigenvalue weighted by molar-refractivity contribution is 5.28. The van der Waals surface area contributed by atoms with E-state index in [4.69, 9.17) is 4.74 Å². The molecule has 2 fully saturated rings. The fourth-order valence-electron chi connectivity index (χ4n) is 4.90. The molecule has 0 spiro atoms. The van der Waals surface area contributed by atoms with Crippen molar-refractivity contribution < 1.29 is 14.2 Å². The molecular formula is C17H25FO2. The molecule has 2 bridgehead atoms. The summed E-state index contributed by atoms with van der Waals surface area (Å²) in [5.41, 5.74) is -0.167. The van der Waals surface area contributed by atoms with Crippen LogP contribution in [0, 0.1) is 23.2 Å². The molecule has 2 saturated carbocycles. The topological polar surface area (TPSA) is 29.5 Å². The number of ether oxygens (including phenoxy) is 1. The van der Waals surface area contributed by atoms with Gasteiger partial charge in [0.1, 0.15) is 11.6 Å². The van der Waals surface area contributed by atoms with Crippen LogP contribution in [0.15, 0.2) is 23.7 Å². The van der Waals surface area contributed by atoms with Crippen LogP contribution in [0.5, 0.6) is 0 Å². The molecule has 0 amide bonds. The van der Waals surface area contributed by atoms with Gasteiger partial charge >= 0.3 is 0 Å². The minimum absolute atomic E-state index is 0.0500. The van der Waals surface area contributed by atoms with Gasteiger partial charge in [-0.15, -0.1) is 0 Å². The summed E-state index contributed by atoms with van der Waals surface area (Å²) in [6.07, 6.45) is 9.35. The average molecular weight is 280 g/mol. The molecule has 3 aliphatic carbocycles. The van der Waals surface area contributed by atoms with Crippen molar-refractivity contribution in [1.29, 1.82) is 0 Å². The lowest BCUT2D eigenvalue weighted by atomic mass is 9.54. The Hall–Kier alpha value is -0.830. The van der Waals surface area contributed by atoms with E-state index >= 15 is 0 Å². The van der Waals surface area contributed by atoms with Crippen LogP contribution < -0.4 is 0 Å². The van der Waals surface area contributed by atoms with E-state index in [0.29, 0.717) is 5.76 Å². The molecule has 0 radical (unpaired) electrons. The molecule has 3 aliphatic rings. The van der Waals surface area contributed by atoms with Gasteiger partial charge in [0.05, 0.1) is 13.2 Å². The van der Waals surface area contributed by atoms with Gasteiger partial charge in [0.25, 0.3) is 0 Å². The van der Waals surface area contributed by atoms with E-state index in [1.807, 2.05) is 0 Å². The smallest absolute Gasteiger partial charge is 0.117 e. The Labute approximate surface area is 120 Å². The lowest BCUT2D eigenvalue weighted by Gasteiger charge is -2.53. The molecule has 0 aromatic heterocycles. The zero-order chi connectivity index (χ0) is 14.3. The number of methoxy groups -OCH3 is 1. The number of halogens is 1. The van der Waals surface area contributed by atoms with Gasteiger partial charge in [-0.05, 0) is 43.6 Å². The quantitative estimate of drug-likeness (QED) is 0.829. The van der Waals surface area contributed by atoms with E-state index < -0.39 is 0 Å². The van der Waals surface area contributed by atoms with E-state index in [1.54, 1.807) is 7.11 Å². The van der Waals surface area contributed by atoms with Crippen molar-refractivity contribution in [3.63, 3.8) is 0 Å². The first-order chi connectivity index (χ1) is 9.62. The monoisotopic (exact) mass is 280 g/mol. The predicted molar refractivity (Wildman–Crippen MR) is 76.6 cm³/mol. The van der Waals surface area contributed by atoms with Crippen molar-refractivity contribution in [3.8, 4) is 0 Å². The van der Waals surface area contributed by atoms with Gasteiger partial charge in [0, 0.05) is 17.4 Å². The number of fused-ring (bicyclic) bond motifs is 4. The first-order valence-corrected chi connectivity index (χ1v) is 7.93. The lowest BCUT2D eigenvalue weighted by Crippen LogP contribution is -2.52. The number of hydrogen-bond acceptors (Lipinski definition) is 2. The van der Waals surface area contributed by atoms with E-state index in [0.717, 1.165) is 38.5 Å². The SMILES string of the molecule is CCC12CCCCC(CC3C(F)=CC(OC)=CC31)C2O. The Balaban J connectivity index is 2.05. The van der Waals surface area contributed by atoms with Crippen LogP contribution in [-0.2, 0) is 4.74 Å². The van der Waals surface area contributed by atoms with Crippen LogP contribution in [0.25, 0.3) is 0 Å². The summed E-state index contributed by atoms with van der Waals surface area (Å²) in [5.74, 6) is 0.852. The molecular weight excluding hydrogens is 255 g/mol. The minimum Gasteiger partial charge on any atom is -0.497 e. The highest BCUT2D eigenvalue weighted by Crippen LogP contribution is 2.58. The second-order valence-electron chi connectivity index (χ2n) is 6.71. The molecule has 5 atom stereocenters. The third-order valence-electron chi connectivity index (χ3n) is 6.03. The second-order valence-corrected chi connectivity index (χ2v) is 6.71. The Morgan fingerprint density at radius 2 is 2.25 bits per heavy atom. The normalized spacial score (nSPS) is 44.0. The van der Waals surface area contributed by atoms with Crippen molar-refractivity contribution in [2.75, 3.05) is 7.11 Å². The zero-order valence-electron chi connectivity index (χ0n) is 12.4. The number of hydrogen-bond donors (Lipinski definition) is 1. The molecule has 3 heteroatoms. The molecule has 112 valence electrons. The molecule has 1 N–H and O–H groups in total. The van der Waals surface area contributed by atoms with Gasteiger partial charge in [-0.1, -0.05) is 19.8 Å².